The quantitative estimate of drug-likeness (QED) is 0.826. The molecule has 16 heavy (non-hydrogen) atoms. The Balaban J connectivity index is 2.18. The zero-order chi connectivity index (χ0) is 11.5. The van der Waals surface area contributed by atoms with Crippen molar-refractivity contribution in [3.8, 4) is 11.5 Å². The van der Waals surface area contributed by atoms with Crippen LogP contribution in [0.15, 0.2) is 18.2 Å². The maximum atomic E-state index is 10.6. The number of aliphatic carboxylic acids is 1. The van der Waals surface area contributed by atoms with Gasteiger partial charge in [0.15, 0.2) is 11.5 Å². The van der Waals surface area contributed by atoms with Gasteiger partial charge in [0, 0.05) is 0 Å². The maximum Gasteiger partial charge on any atom is 0.307 e. The van der Waals surface area contributed by atoms with Crippen molar-refractivity contribution < 1.29 is 19.4 Å². The summed E-state index contributed by atoms with van der Waals surface area (Å²) in [5.41, 5.74) is 0.726. The van der Waals surface area contributed by atoms with Crippen LogP contribution in [-0.4, -0.2) is 24.3 Å². The van der Waals surface area contributed by atoms with Gasteiger partial charge in [0.05, 0.1) is 19.6 Å². The highest BCUT2D eigenvalue weighted by Crippen LogP contribution is 2.34. The largest absolute Gasteiger partial charge is 0.493 e. The summed E-state index contributed by atoms with van der Waals surface area (Å²) in [5, 5.41) is 8.71. The summed E-state index contributed by atoms with van der Waals surface area (Å²) in [6, 6.07) is 5.23. The third kappa shape index (κ3) is 2.66. The lowest BCUT2D eigenvalue weighted by atomic mass is 10.1. The van der Waals surface area contributed by atoms with E-state index in [0.717, 1.165) is 18.4 Å². The molecule has 1 N–H and O–H groups in total. The van der Waals surface area contributed by atoms with Crippen molar-refractivity contribution in [2.24, 2.45) is 0 Å². The fourth-order valence-electron chi connectivity index (χ4n) is 1.46. The van der Waals surface area contributed by atoms with Gasteiger partial charge >= 0.3 is 5.97 Å². The van der Waals surface area contributed by atoms with Crippen LogP contribution in [-0.2, 0) is 11.2 Å². The summed E-state index contributed by atoms with van der Waals surface area (Å²) in [6.45, 7) is 0. The Labute approximate surface area is 93.8 Å². The average Bonchev–Trinajstić information content (AvgIpc) is 3.01. The third-order valence-electron chi connectivity index (χ3n) is 2.40. The highest BCUT2D eigenvalue weighted by atomic mass is 16.5. The molecular formula is C12H14O4. The van der Waals surface area contributed by atoms with E-state index in [0.29, 0.717) is 11.5 Å². The lowest BCUT2D eigenvalue weighted by Gasteiger charge is -2.11. The zero-order valence-corrected chi connectivity index (χ0v) is 9.10. The van der Waals surface area contributed by atoms with Gasteiger partial charge < -0.3 is 14.6 Å². The molecule has 0 bridgehead atoms. The van der Waals surface area contributed by atoms with Gasteiger partial charge in [-0.1, -0.05) is 6.07 Å². The molecule has 4 nitrogen and oxygen atoms in total. The lowest BCUT2D eigenvalue weighted by molar-refractivity contribution is -0.136. The van der Waals surface area contributed by atoms with Crippen LogP contribution >= 0.6 is 0 Å². The minimum absolute atomic E-state index is 0.00498. The fraction of sp³-hybridized carbons (Fsp3) is 0.417. The Morgan fingerprint density at radius 1 is 1.44 bits per heavy atom. The van der Waals surface area contributed by atoms with Crippen LogP contribution in [0.1, 0.15) is 18.4 Å². The normalized spacial score (nSPS) is 14.6. The predicted molar refractivity (Wildman–Crippen MR) is 58.0 cm³/mol. The molecule has 1 aliphatic rings. The number of carboxylic acids is 1. The van der Waals surface area contributed by atoms with E-state index in [-0.39, 0.29) is 12.5 Å². The first-order valence-electron chi connectivity index (χ1n) is 5.24. The van der Waals surface area contributed by atoms with E-state index < -0.39 is 5.97 Å². The standard InChI is InChI=1S/C12H14O4/c1-15-10-5-2-8(7-12(13)14)6-11(10)16-9-3-4-9/h2,5-6,9H,3-4,7H2,1H3,(H,13,14). The first-order valence-corrected chi connectivity index (χ1v) is 5.24. The van der Waals surface area contributed by atoms with Gasteiger partial charge in [0.25, 0.3) is 0 Å². The van der Waals surface area contributed by atoms with Crippen LogP contribution in [0.4, 0.5) is 0 Å². The topological polar surface area (TPSA) is 55.8 Å². The maximum absolute atomic E-state index is 10.6. The number of rotatable bonds is 5. The number of benzene rings is 1. The molecule has 0 amide bonds. The minimum atomic E-state index is -0.845. The Morgan fingerprint density at radius 2 is 2.19 bits per heavy atom. The summed E-state index contributed by atoms with van der Waals surface area (Å²) < 4.78 is 10.8. The zero-order valence-electron chi connectivity index (χ0n) is 9.10. The van der Waals surface area contributed by atoms with Gasteiger partial charge in [-0.2, -0.15) is 0 Å². The fourth-order valence-corrected chi connectivity index (χ4v) is 1.46. The molecule has 0 aliphatic heterocycles. The summed E-state index contributed by atoms with van der Waals surface area (Å²) in [7, 11) is 1.58. The van der Waals surface area contributed by atoms with Gasteiger partial charge in [0.1, 0.15) is 0 Å². The van der Waals surface area contributed by atoms with Gasteiger partial charge in [0.2, 0.25) is 0 Å². The summed E-state index contributed by atoms with van der Waals surface area (Å²) >= 11 is 0. The first-order chi connectivity index (χ1) is 7.69. The Bertz CT molecular complexity index is 396. The molecule has 86 valence electrons. The Morgan fingerprint density at radius 3 is 2.75 bits per heavy atom. The average molecular weight is 222 g/mol. The molecule has 4 heteroatoms. The molecule has 1 fully saturated rings. The van der Waals surface area contributed by atoms with Gasteiger partial charge in [-0.15, -0.1) is 0 Å². The number of carboxylic acid groups (broad SMARTS) is 1. The number of ether oxygens (including phenoxy) is 2. The highest BCUT2D eigenvalue weighted by Gasteiger charge is 2.25. The molecule has 0 heterocycles. The molecule has 0 atom stereocenters. The Kier molecular flexibility index (Phi) is 2.99. The molecule has 0 spiro atoms. The van der Waals surface area contributed by atoms with Crippen molar-refractivity contribution >= 4 is 5.97 Å². The van der Waals surface area contributed by atoms with E-state index in [1.54, 1.807) is 25.3 Å². The molecular weight excluding hydrogens is 208 g/mol. The monoisotopic (exact) mass is 222 g/mol. The SMILES string of the molecule is COc1ccc(CC(=O)O)cc1OC1CC1. The summed E-state index contributed by atoms with van der Waals surface area (Å²) in [5.74, 6) is 0.451. The van der Waals surface area contributed by atoms with Crippen LogP contribution in [0.2, 0.25) is 0 Å². The number of hydrogen-bond donors (Lipinski definition) is 1. The third-order valence-corrected chi connectivity index (χ3v) is 2.40. The second-order valence-corrected chi connectivity index (χ2v) is 3.87. The molecule has 0 saturated heterocycles. The predicted octanol–water partition coefficient (Wildman–Crippen LogP) is 1.86. The number of carbonyl (C=O) groups is 1. The molecule has 1 saturated carbocycles. The van der Waals surface area contributed by atoms with Crippen molar-refractivity contribution in [3.05, 3.63) is 23.8 Å². The van der Waals surface area contributed by atoms with Gasteiger partial charge in [-0.05, 0) is 30.5 Å². The van der Waals surface area contributed by atoms with E-state index in [1.807, 2.05) is 0 Å². The molecule has 1 aromatic rings. The van der Waals surface area contributed by atoms with Crippen molar-refractivity contribution in [1.82, 2.24) is 0 Å². The second-order valence-electron chi connectivity index (χ2n) is 3.87. The van der Waals surface area contributed by atoms with Crippen LogP contribution in [0.3, 0.4) is 0 Å². The first kappa shape index (κ1) is 10.8. The molecule has 0 unspecified atom stereocenters. The van der Waals surface area contributed by atoms with Crippen LogP contribution in [0, 0.1) is 0 Å². The number of methoxy groups -OCH3 is 1. The smallest absolute Gasteiger partial charge is 0.307 e. The highest BCUT2D eigenvalue weighted by molar-refractivity contribution is 5.70. The van der Waals surface area contributed by atoms with E-state index in [4.69, 9.17) is 14.6 Å². The molecule has 0 radical (unpaired) electrons. The Hall–Kier alpha value is -1.71. The lowest BCUT2D eigenvalue weighted by Crippen LogP contribution is -2.03. The molecule has 2 rings (SSSR count). The van der Waals surface area contributed by atoms with E-state index in [2.05, 4.69) is 0 Å². The van der Waals surface area contributed by atoms with Crippen molar-refractivity contribution in [1.29, 1.82) is 0 Å². The summed E-state index contributed by atoms with van der Waals surface area (Å²) in [6.07, 6.45) is 2.40. The molecule has 1 aromatic carbocycles. The summed E-state index contributed by atoms with van der Waals surface area (Å²) in [4.78, 5) is 10.6. The second kappa shape index (κ2) is 4.43. The minimum Gasteiger partial charge on any atom is -0.493 e. The van der Waals surface area contributed by atoms with Gasteiger partial charge in [-0.25, -0.2) is 0 Å². The van der Waals surface area contributed by atoms with Crippen molar-refractivity contribution in [2.45, 2.75) is 25.4 Å². The van der Waals surface area contributed by atoms with E-state index in [1.165, 1.54) is 0 Å². The van der Waals surface area contributed by atoms with Crippen LogP contribution in [0.5, 0.6) is 11.5 Å². The van der Waals surface area contributed by atoms with E-state index >= 15 is 0 Å². The van der Waals surface area contributed by atoms with Crippen molar-refractivity contribution in [3.63, 3.8) is 0 Å². The van der Waals surface area contributed by atoms with Crippen LogP contribution in [0.25, 0.3) is 0 Å². The van der Waals surface area contributed by atoms with Crippen molar-refractivity contribution in [2.75, 3.05) is 7.11 Å². The molecule has 1 aliphatic carbocycles. The van der Waals surface area contributed by atoms with E-state index in [9.17, 15) is 4.79 Å². The van der Waals surface area contributed by atoms with Gasteiger partial charge in [-0.3, -0.25) is 4.79 Å². The van der Waals surface area contributed by atoms with Crippen LogP contribution < -0.4 is 9.47 Å². The number of hydrogen-bond acceptors (Lipinski definition) is 3. The molecule has 0 aromatic heterocycles.